The van der Waals surface area contributed by atoms with E-state index < -0.39 is 0 Å². The lowest BCUT2D eigenvalue weighted by Crippen LogP contribution is -2.30. The molecule has 23 heavy (non-hydrogen) atoms. The van der Waals surface area contributed by atoms with E-state index in [0.29, 0.717) is 17.6 Å². The predicted molar refractivity (Wildman–Crippen MR) is 91.2 cm³/mol. The SMILES string of the molecule is CNCCNC(=O)c1cccc2ccc(-c3ccncc3)nc12. The molecule has 2 aromatic heterocycles. The predicted octanol–water partition coefficient (Wildman–Crippen LogP) is 2.25. The molecule has 0 aliphatic heterocycles. The number of benzene rings is 1. The van der Waals surface area contributed by atoms with Gasteiger partial charge in [0.15, 0.2) is 0 Å². The van der Waals surface area contributed by atoms with Crippen LogP contribution in [0.5, 0.6) is 0 Å². The molecule has 5 heteroatoms. The van der Waals surface area contributed by atoms with Crippen LogP contribution in [0.4, 0.5) is 0 Å². The molecule has 2 N–H and O–H groups in total. The maximum absolute atomic E-state index is 12.4. The maximum Gasteiger partial charge on any atom is 0.253 e. The summed E-state index contributed by atoms with van der Waals surface area (Å²) in [7, 11) is 1.85. The van der Waals surface area contributed by atoms with E-state index in [1.54, 1.807) is 18.5 Å². The molecule has 0 saturated heterocycles. The number of amides is 1. The fourth-order valence-corrected chi connectivity index (χ4v) is 2.41. The van der Waals surface area contributed by atoms with Crippen molar-refractivity contribution < 1.29 is 4.79 Å². The molecular formula is C18H18N4O. The zero-order valence-electron chi connectivity index (χ0n) is 12.9. The average Bonchev–Trinajstić information content (AvgIpc) is 2.61. The number of fused-ring (bicyclic) bond motifs is 1. The number of hydrogen-bond acceptors (Lipinski definition) is 4. The number of carbonyl (C=O) groups is 1. The van der Waals surface area contributed by atoms with Crippen molar-refractivity contribution in [1.29, 1.82) is 0 Å². The van der Waals surface area contributed by atoms with Crippen LogP contribution >= 0.6 is 0 Å². The highest BCUT2D eigenvalue weighted by atomic mass is 16.1. The first kappa shape index (κ1) is 15.1. The minimum Gasteiger partial charge on any atom is -0.351 e. The molecule has 0 radical (unpaired) electrons. The molecule has 2 heterocycles. The molecular weight excluding hydrogens is 288 g/mol. The Bertz CT molecular complexity index is 818. The molecule has 0 fully saturated rings. The van der Waals surface area contributed by atoms with Crippen LogP contribution in [0.2, 0.25) is 0 Å². The molecule has 0 aliphatic carbocycles. The van der Waals surface area contributed by atoms with Gasteiger partial charge in [0.05, 0.1) is 16.8 Å². The van der Waals surface area contributed by atoms with E-state index in [4.69, 9.17) is 4.98 Å². The van der Waals surface area contributed by atoms with E-state index in [2.05, 4.69) is 15.6 Å². The number of para-hydroxylation sites is 1. The first-order valence-electron chi connectivity index (χ1n) is 7.52. The van der Waals surface area contributed by atoms with Crippen LogP contribution in [0.15, 0.2) is 54.9 Å². The highest BCUT2D eigenvalue weighted by Gasteiger charge is 2.11. The molecule has 116 valence electrons. The second-order valence-corrected chi connectivity index (χ2v) is 5.17. The Labute approximate surface area is 134 Å². The number of carbonyl (C=O) groups excluding carboxylic acids is 1. The topological polar surface area (TPSA) is 66.9 Å². The number of hydrogen-bond donors (Lipinski definition) is 2. The number of aromatic nitrogens is 2. The van der Waals surface area contributed by atoms with Gasteiger partial charge in [-0.3, -0.25) is 9.78 Å². The standard InChI is InChI=1S/C18H18N4O/c1-19-11-12-21-18(23)15-4-2-3-14-5-6-16(22-17(14)15)13-7-9-20-10-8-13/h2-10,19H,11-12H2,1H3,(H,21,23). The van der Waals surface area contributed by atoms with Crippen LogP contribution < -0.4 is 10.6 Å². The molecule has 3 aromatic rings. The Balaban J connectivity index is 2.00. The summed E-state index contributed by atoms with van der Waals surface area (Å²) in [6.45, 7) is 1.31. The fourth-order valence-electron chi connectivity index (χ4n) is 2.41. The summed E-state index contributed by atoms with van der Waals surface area (Å²) in [4.78, 5) is 21.1. The summed E-state index contributed by atoms with van der Waals surface area (Å²) in [5, 5.41) is 6.85. The quantitative estimate of drug-likeness (QED) is 0.710. The van der Waals surface area contributed by atoms with Crippen LogP contribution in [0.1, 0.15) is 10.4 Å². The third-order valence-corrected chi connectivity index (χ3v) is 3.60. The van der Waals surface area contributed by atoms with Gasteiger partial charge in [-0.2, -0.15) is 0 Å². The summed E-state index contributed by atoms with van der Waals surface area (Å²) in [5.41, 5.74) is 3.11. The molecule has 0 spiro atoms. The number of nitrogens with one attached hydrogen (secondary N) is 2. The Morgan fingerprint density at radius 2 is 1.87 bits per heavy atom. The Morgan fingerprint density at radius 3 is 2.65 bits per heavy atom. The van der Waals surface area contributed by atoms with Crippen molar-refractivity contribution in [3.05, 3.63) is 60.4 Å². The molecule has 0 saturated carbocycles. The lowest BCUT2D eigenvalue weighted by molar-refractivity contribution is 0.0955. The summed E-state index contributed by atoms with van der Waals surface area (Å²) < 4.78 is 0. The summed E-state index contributed by atoms with van der Waals surface area (Å²) in [6.07, 6.45) is 3.47. The smallest absolute Gasteiger partial charge is 0.253 e. The summed E-state index contributed by atoms with van der Waals surface area (Å²) >= 11 is 0. The summed E-state index contributed by atoms with van der Waals surface area (Å²) in [6, 6.07) is 13.4. The lowest BCUT2D eigenvalue weighted by Gasteiger charge is -2.09. The van der Waals surface area contributed by atoms with Gasteiger partial charge in [-0.25, -0.2) is 4.98 Å². The van der Waals surface area contributed by atoms with E-state index in [0.717, 1.165) is 23.2 Å². The minimum atomic E-state index is -0.106. The van der Waals surface area contributed by atoms with Gasteiger partial charge in [0.1, 0.15) is 0 Å². The van der Waals surface area contributed by atoms with Crippen LogP contribution in [0.3, 0.4) is 0 Å². The molecule has 0 atom stereocenters. The largest absolute Gasteiger partial charge is 0.351 e. The van der Waals surface area contributed by atoms with Gasteiger partial charge in [-0.15, -0.1) is 0 Å². The molecule has 0 bridgehead atoms. The zero-order valence-corrected chi connectivity index (χ0v) is 12.9. The van der Waals surface area contributed by atoms with E-state index in [-0.39, 0.29) is 5.91 Å². The second-order valence-electron chi connectivity index (χ2n) is 5.17. The number of nitrogens with zero attached hydrogens (tertiary/aromatic N) is 2. The Hall–Kier alpha value is -2.79. The van der Waals surface area contributed by atoms with Gasteiger partial charge in [0.25, 0.3) is 5.91 Å². The first-order valence-corrected chi connectivity index (χ1v) is 7.52. The lowest BCUT2D eigenvalue weighted by atomic mass is 10.1. The zero-order chi connectivity index (χ0) is 16.1. The number of rotatable bonds is 5. The highest BCUT2D eigenvalue weighted by Crippen LogP contribution is 2.22. The maximum atomic E-state index is 12.4. The van der Waals surface area contributed by atoms with Crippen molar-refractivity contribution >= 4 is 16.8 Å². The van der Waals surface area contributed by atoms with Crippen molar-refractivity contribution in [3.63, 3.8) is 0 Å². The average molecular weight is 306 g/mol. The number of likely N-dealkylation sites (N-methyl/N-ethyl adjacent to an activating group) is 1. The van der Waals surface area contributed by atoms with Crippen molar-refractivity contribution in [2.75, 3.05) is 20.1 Å². The van der Waals surface area contributed by atoms with E-state index in [9.17, 15) is 4.79 Å². The van der Waals surface area contributed by atoms with Crippen molar-refractivity contribution in [2.45, 2.75) is 0 Å². The third-order valence-electron chi connectivity index (χ3n) is 3.60. The highest BCUT2D eigenvalue weighted by molar-refractivity contribution is 6.05. The molecule has 1 amide bonds. The molecule has 0 aliphatic rings. The monoisotopic (exact) mass is 306 g/mol. The van der Waals surface area contributed by atoms with Gasteiger partial charge in [-0.1, -0.05) is 18.2 Å². The Kier molecular flexibility index (Phi) is 4.59. The van der Waals surface area contributed by atoms with Crippen LogP contribution in [0.25, 0.3) is 22.2 Å². The van der Waals surface area contributed by atoms with Crippen molar-refractivity contribution in [2.24, 2.45) is 0 Å². The van der Waals surface area contributed by atoms with E-state index >= 15 is 0 Å². The molecule has 3 rings (SSSR count). The van der Waals surface area contributed by atoms with Crippen LogP contribution in [0, 0.1) is 0 Å². The van der Waals surface area contributed by atoms with Crippen molar-refractivity contribution in [3.8, 4) is 11.3 Å². The Morgan fingerprint density at radius 1 is 1.04 bits per heavy atom. The van der Waals surface area contributed by atoms with Gasteiger partial charge in [0.2, 0.25) is 0 Å². The molecule has 1 aromatic carbocycles. The van der Waals surface area contributed by atoms with Gasteiger partial charge < -0.3 is 10.6 Å². The van der Waals surface area contributed by atoms with Gasteiger partial charge in [0, 0.05) is 36.4 Å². The minimum absolute atomic E-state index is 0.106. The van der Waals surface area contributed by atoms with Gasteiger partial charge in [-0.05, 0) is 31.3 Å². The first-order chi connectivity index (χ1) is 11.3. The normalized spacial score (nSPS) is 10.7. The van der Waals surface area contributed by atoms with Crippen LogP contribution in [-0.4, -0.2) is 36.0 Å². The van der Waals surface area contributed by atoms with Gasteiger partial charge >= 0.3 is 0 Å². The molecule has 0 unspecified atom stereocenters. The van der Waals surface area contributed by atoms with Crippen molar-refractivity contribution in [1.82, 2.24) is 20.6 Å². The second kappa shape index (κ2) is 6.98. The fraction of sp³-hybridized carbons (Fsp3) is 0.167. The summed E-state index contributed by atoms with van der Waals surface area (Å²) in [5.74, 6) is -0.106. The van der Waals surface area contributed by atoms with Crippen LogP contribution in [-0.2, 0) is 0 Å². The molecule has 5 nitrogen and oxygen atoms in total. The number of pyridine rings is 2. The van der Waals surface area contributed by atoms with E-state index in [1.165, 1.54) is 0 Å². The van der Waals surface area contributed by atoms with E-state index in [1.807, 2.05) is 43.4 Å². The third kappa shape index (κ3) is 3.35.